The maximum atomic E-state index is 13.6. The summed E-state index contributed by atoms with van der Waals surface area (Å²) in [4.78, 5) is 147. The molecule has 11 N–H and O–H groups in total. The maximum absolute atomic E-state index is 13.6. The molecule has 0 bridgehead atoms. The van der Waals surface area contributed by atoms with Crippen LogP contribution in [-0.4, -0.2) is 197 Å². The van der Waals surface area contributed by atoms with E-state index >= 15 is 0 Å². The van der Waals surface area contributed by atoms with Crippen molar-refractivity contribution in [2.45, 2.75) is 246 Å². The third kappa shape index (κ3) is 37.9. The van der Waals surface area contributed by atoms with Crippen LogP contribution in [0.2, 0.25) is 0 Å². The number of ether oxygens (including phenoxy) is 3. The molecular weight excluding hydrogens is 1650 g/mol. The van der Waals surface area contributed by atoms with Gasteiger partial charge in [-0.3, -0.25) is 34.3 Å². The van der Waals surface area contributed by atoms with Crippen molar-refractivity contribution in [2.24, 2.45) is 5.92 Å². The molecule has 10 atom stereocenters. The number of aliphatic hydroxyl groups excluding tert-OH is 2. The zero-order valence-corrected chi connectivity index (χ0v) is 75.5. The van der Waals surface area contributed by atoms with Gasteiger partial charge >= 0.3 is 36.4 Å². The van der Waals surface area contributed by atoms with Gasteiger partial charge in [0.05, 0.1) is 83.8 Å². The summed E-state index contributed by atoms with van der Waals surface area (Å²) in [6, 6.07) is 14.5. The van der Waals surface area contributed by atoms with E-state index in [9.17, 15) is 53.4 Å². The van der Waals surface area contributed by atoms with Gasteiger partial charge in [0.25, 0.3) is 0 Å². The zero-order chi connectivity index (χ0) is 87.6. The second-order valence-electron chi connectivity index (χ2n) is 30.3. The number of thiazole rings is 6. The Morgan fingerprint density at radius 2 is 0.758 bits per heavy atom. The molecule has 32 nitrogen and oxygen atoms in total. The average Bonchev–Trinajstić information content (AvgIpc) is 1.65. The lowest BCUT2D eigenvalue weighted by molar-refractivity contribution is -0.126. The number of alkyl carbamates (subject to hydrolysis) is 3. The molecule has 12 amide bonds. The molecule has 0 saturated heterocycles. The lowest BCUT2D eigenvalue weighted by Gasteiger charge is -2.27. The van der Waals surface area contributed by atoms with Crippen molar-refractivity contribution in [3.8, 4) is 0 Å². The Morgan fingerprint density at radius 3 is 1.12 bits per heavy atom. The van der Waals surface area contributed by atoms with Crippen LogP contribution in [0.3, 0.4) is 0 Å². The molecule has 8 aromatic rings. The number of carbonyl (C=O) groups is 9. The van der Waals surface area contributed by atoms with Crippen molar-refractivity contribution in [1.82, 2.24) is 92.5 Å². The quantitative estimate of drug-likeness (QED) is 0.0158. The molecule has 0 fully saturated rings. The van der Waals surface area contributed by atoms with Gasteiger partial charge in [0.1, 0.15) is 37.9 Å². The van der Waals surface area contributed by atoms with Gasteiger partial charge in [-0.2, -0.15) is 0 Å². The lowest BCUT2D eigenvalue weighted by Crippen LogP contribution is -2.56. The van der Waals surface area contributed by atoms with Crippen LogP contribution < -0.4 is 47.9 Å². The Kier molecular flexibility index (Phi) is 43.8. The number of hydrogen-bond acceptors (Lipinski definition) is 26. The number of carbonyl (C=O) groups excluding carboxylic acids is 9. The molecule has 0 radical (unpaired) electrons. The summed E-state index contributed by atoms with van der Waals surface area (Å²) in [5.41, 5.74) is 10.4. The van der Waals surface area contributed by atoms with Crippen LogP contribution in [0.25, 0.3) is 0 Å². The summed E-state index contributed by atoms with van der Waals surface area (Å²) in [5.74, 6) is -0.536. The van der Waals surface area contributed by atoms with E-state index in [-0.39, 0.29) is 99.4 Å². The summed E-state index contributed by atoms with van der Waals surface area (Å²) < 4.78 is 15.8. The molecule has 38 heteroatoms. The second-order valence-corrected chi connectivity index (χ2v) is 35.9. The first-order valence-electron chi connectivity index (χ1n) is 39.8. The van der Waals surface area contributed by atoms with Gasteiger partial charge in [-0.25, -0.2) is 38.7 Å². The van der Waals surface area contributed by atoms with Gasteiger partial charge in [-0.1, -0.05) is 102 Å². The Hall–Kier alpha value is -9.83. The Morgan fingerprint density at radius 1 is 0.400 bits per heavy atom. The van der Waals surface area contributed by atoms with Crippen molar-refractivity contribution in [3.63, 3.8) is 0 Å². The SMILES string of the molecule is CC(CCC(C)NC(=O)C(NC(=O)N(C)Cc1csc(C(C)C)n1)C(C)C)NC(=O)OCc1cncs1.CC(CCC(C)NC(=O)C(NC(=O)N(C)Cc1csc(C(C)C)n1)C(C)O)NC(=O)OCc1cncs1.CN(Cc1cncs1)C(=O)NC(CCO)C(=O)NC(CCC(Cc1ccccc1)NC(=O)OCc1cncs1)Cc1ccccc1. The third-order valence-corrected chi connectivity index (χ3v) is 23.8. The van der Waals surface area contributed by atoms with Crippen LogP contribution in [0.4, 0.5) is 28.8 Å². The number of rotatable bonds is 43. The largest absolute Gasteiger partial charge is 0.444 e. The van der Waals surface area contributed by atoms with Crippen LogP contribution in [0.1, 0.15) is 185 Å². The summed E-state index contributed by atoms with van der Waals surface area (Å²) in [6.07, 6.45) is 8.83. The van der Waals surface area contributed by atoms with Gasteiger partial charge < -0.3 is 87.0 Å². The summed E-state index contributed by atoms with van der Waals surface area (Å²) in [6.45, 7) is 22.2. The summed E-state index contributed by atoms with van der Waals surface area (Å²) in [5, 5.41) is 51.5. The molecule has 10 unspecified atom stereocenters. The number of aromatic nitrogens is 6. The first kappa shape index (κ1) is 99.0. The number of hydrogen-bond donors (Lipinski definition) is 11. The minimum atomic E-state index is -1.11. The number of amides is 12. The van der Waals surface area contributed by atoms with Gasteiger partial charge in [-0.15, -0.1) is 68.0 Å². The topological polar surface area (TPSA) is 417 Å². The molecule has 120 heavy (non-hydrogen) atoms. The van der Waals surface area contributed by atoms with Gasteiger partial charge in [0.15, 0.2) is 0 Å². The highest BCUT2D eigenvalue weighted by Crippen LogP contribution is 2.23. The predicted molar refractivity (Wildman–Crippen MR) is 468 cm³/mol. The minimum Gasteiger partial charge on any atom is -0.444 e. The number of nitrogens with one attached hydrogen (secondary N) is 9. The molecule has 6 aromatic heterocycles. The van der Waals surface area contributed by atoms with Gasteiger partial charge in [0, 0.05) is 116 Å². The molecule has 2 aromatic carbocycles. The van der Waals surface area contributed by atoms with E-state index in [2.05, 4.69) is 105 Å². The zero-order valence-electron chi connectivity index (χ0n) is 70.6. The van der Waals surface area contributed by atoms with Gasteiger partial charge in [0.2, 0.25) is 17.7 Å². The normalized spacial score (nSPS) is 13.6. The molecule has 0 spiro atoms. The van der Waals surface area contributed by atoms with Crippen molar-refractivity contribution in [2.75, 3.05) is 27.7 Å². The second kappa shape index (κ2) is 53.1. The van der Waals surface area contributed by atoms with Crippen LogP contribution >= 0.6 is 68.0 Å². The van der Waals surface area contributed by atoms with Crippen LogP contribution in [-0.2, 0) is 80.9 Å². The molecular formula is C82H118N18O14S6. The Labute approximate surface area is 727 Å². The number of nitrogens with zero attached hydrogens (tertiary/aromatic N) is 9. The average molecular weight is 1770 g/mol. The van der Waals surface area contributed by atoms with Gasteiger partial charge in [-0.05, 0) is 109 Å². The van der Waals surface area contributed by atoms with E-state index in [1.165, 1.54) is 67.0 Å². The minimum absolute atomic E-state index is 0.0633. The van der Waals surface area contributed by atoms with E-state index in [0.29, 0.717) is 76.3 Å². The van der Waals surface area contributed by atoms with Crippen molar-refractivity contribution < 1.29 is 67.6 Å². The van der Waals surface area contributed by atoms with E-state index in [1.807, 2.05) is 113 Å². The fourth-order valence-electron chi connectivity index (χ4n) is 11.6. The molecule has 8 rings (SSSR count). The first-order chi connectivity index (χ1) is 57.3. The molecule has 0 aliphatic rings. The van der Waals surface area contributed by atoms with Crippen molar-refractivity contribution >= 4 is 122 Å². The highest BCUT2D eigenvalue weighted by atomic mass is 32.1. The smallest absolute Gasteiger partial charge is 0.407 e. The lowest BCUT2D eigenvalue weighted by atomic mass is 9.95. The van der Waals surface area contributed by atoms with Crippen molar-refractivity contribution in [1.29, 1.82) is 0 Å². The van der Waals surface area contributed by atoms with E-state index in [1.54, 1.807) is 90.6 Å². The number of urea groups is 3. The van der Waals surface area contributed by atoms with Crippen LogP contribution in [0.15, 0.2) is 118 Å². The Bertz CT molecular complexity index is 4140. The summed E-state index contributed by atoms with van der Waals surface area (Å²) in [7, 11) is 4.95. The van der Waals surface area contributed by atoms with Crippen LogP contribution in [0, 0.1) is 5.92 Å². The van der Waals surface area contributed by atoms with E-state index in [4.69, 9.17) is 14.2 Å². The first-order valence-corrected chi connectivity index (χ1v) is 45.1. The van der Waals surface area contributed by atoms with E-state index < -0.39 is 60.5 Å². The standard InChI is InChI=1S/C33H40N6O5S2.C25H40N6O4S2.C24H38N6O5S2/c1-39(20-28-18-34-22-45-28)32(42)38-30(14-15-40)31(41)36-26(16-24-8-4-2-5-9-24)12-13-27(17-25-10-6-3-7-11-25)37-33(43)44-21-29-19-35-23-46-29;1-15(2)21(30-24(33)31(7)11-19-13-36-23(29-19)16(3)4)22(32)27-17(5)8-9-18(6)28-25(34)35-12-20-10-26-14-37-20;1-14(2)22-28-18(12-36-22)10-30(6)23(33)29-20(17(5)31)21(32)26-15(3)7-8-16(4)27-24(34)35-11-19-9-25-13-37-19/h2-11,18-19,22-23,26-27,30,40H,12-17,20-21H2,1H3,(H,36,41)(H,37,43)(H,38,42);10,13-18,21H,8-9,11-12H2,1-7H3,(H,27,32)(H,28,34)(H,30,33);9,12-17,20,31H,7-8,10-11H2,1-6H3,(H,26,32)(H,27,34)(H,29,33). The molecule has 6 heterocycles. The number of aliphatic hydroxyl groups is 2. The highest BCUT2D eigenvalue weighted by Gasteiger charge is 2.31. The van der Waals surface area contributed by atoms with E-state index in [0.717, 1.165) is 52.0 Å². The molecule has 0 saturated carbocycles. The fourth-order valence-corrected chi connectivity index (χ4v) is 15.4. The summed E-state index contributed by atoms with van der Waals surface area (Å²) >= 11 is 8.83. The molecule has 0 aliphatic carbocycles. The van der Waals surface area contributed by atoms with Crippen LogP contribution in [0.5, 0.6) is 0 Å². The maximum Gasteiger partial charge on any atom is 0.407 e. The number of benzene rings is 2. The molecule has 0 aliphatic heterocycles. The predicted octanol–water partition coefficient (Wildman–Crippen LogP) is 12.2. The third-order valence-electron chi connectivity index (χ3n) is 18.4. The van der Waals surface area contributed by atoms with Crippen molar-refractivity contribution in [3.05, 3.63) is 170 Å². The molecule has 656 valence electrons. The Balaban J connectivity index is 0.000000282. The highest BCUT2D eigenvalue weighted by molar-refractivity contribution is 7.11. The fraction of sp³-hybridized carbons (Fsp3) is 0.524. The monoisotopic (exact) mass is 1770 g/mol.